The summed E-state index contributed by atoms with van der Waals surface area (Å²) in [5, 5.41) is 0. The summed E-state index contributed by atoms with van der Waals surface area (Å²) in [6.07, 6.45) is 0. The first-order valence-electron chi connectivity index (χ1n) is 3.86. The van der Waals surface area contributed by atoms with E-state index in [1.807, 2.05) is 13.8 Å². The number of hydrogen-bond donors (Lipinski definition) is 0. The molecule has 1 heterocycles. The molecule has 1 aliphatic heterocycles. The highest BCUT2D eigenvalue weighted by Gasteiger charge is 2.30. The number of carbonyl (C=O) groups is 1. The molecule has 0 fully saturated rings. The minimum absolute atomic E-state index is 0.0516. The third kappa shape index (κ3) is 1.78. The van der Waals surface area contributed by atoms with Gasteiger partial charge in [0.2, 0.25) is 0 Å². The molecule has 0 atom stereocenters. The van der Waals surface area contributed by atoms with E-state index in [2.05, 4.69) is 4.99 Å². The van der Waals surface area contributed by atoms with Crippen LogP contribution < -0.4 is 0 Å². The van der Waals surface area contributed by atoms with Gasteiger partial charge in [-0.15, -0.1) is 11.6 Å². The van der Waals surface area contributed by atoms with E-state index in [1.54, 1.807) is 11.9 Å². The van der Waals surface area contributed by atoms with Crippen molar-refractivity contribution in [3.8, 4) is 0 Å². The van der Waals surface area contributed by atoms with Crippen molar-refractivity contribution in [2.45, 2.75) is 19.4 Å². The smallest absolute Gasteiger partial charge is 0.268 e. The predicted molar refractivity (Wildman–Crippen MR) is 49.9 cm³/mol. The molecular formula is C8H13ClN2O. The second-order valence-electron chi connectivity index (χ2n) is 3.67. The zero-order valence-electron chi connectivity index (χ0n) is 7.59. The zero-order valence-corrected chi connectivity index (χ0v) is 8.35. The van der Waals surface area contributed by atoms with Crippen molar-refractivity contribution in [2.24, 2.45) is 4.99 Å². The molecule has 0 radical (unpaired) electrons. The largest absolute Gasteiger partial charge is 0.338 e. The summed E-state index contributed by atoms with van der Waals surface area (Å²) < 4.78 is 0. The van der Waals surface area contributed by atoms with Gasteiger partial charge >= 0.3 is 0 Å². The molecule has 1 rings (SSSR count). The van der Waals surface area contributed by atoms with Crippen LogP contribution in [0.2, 0.25) is 0 Å². The molecule has 0 aromatic rings. The molecule has 0 saturated carbocycles. The highest BCUT2D eigenvalue weighted by molar-refractivity contribution is 6.49. The van der Waals surface area contributed by atoms with Crippen molar-refractivity contribution < 1.29 is 4.79 Å². The minimum atomic E-state index is -0.188. The van der Waals surface area contributed by atoms with Gasteiger partial charge in [-0.3, -0.25) is 9.79 Å². The fourth-order valence-electron chi connectivity index (χ4n) is 1.41. The second kappa shape index (κ2) is 3.05. The number of alkyl halides is 1. The zero-order chi connectivity index (χ0) is 9.35. The third-order valence-electron chi connectivity index (χ3n) is 1.78. The monoisotopic (exact) mass is 188 g/mol. The van der Waals surface area contributed by atoms with E-state index < -0.39 is 0 Å². The quantitative estimate of drug-likeness (QED) is 0.564. The molecule has 4 heteroatoms. The van der Waals surface area contributed by atoms with Gasteiger partial charge in [0.1, 0.15) is 5.71 Å². The molecular weight excluding hydrogens is 176 g/mol. The lowest BCUT2D eigenvalue weighted by Gasteiger charge is -2.32. The van der Waals surface area contributed by atoms with E-state index >= 15 is 0 Å². The lowest BCUT2D eigenvalue weighted by atomic mass is 10.0. The fraction of sp³-hybridized carbons (Fsp3) is 0.750. The Morgan fingerprint density at radius 1 is 1.67 bits per heavy atom. The average molecular weight is 189 g/mol. The van der Waals surface area contributed by atoms with Crippen LogP contribution in [0.15, 0.2) is 4.99 Å². The average Bonchev–Trinajstić information content (AvgIpc) is 1.96. The van der Waals surface area contributed by atoms with Crippen LogP contribution in [0.25, 0.3) is 0 Å². The Labute approximate surface area is 77.4 Å². The molecule has 0 bridgehead atoms. The summed E-state index contributed by atoms with van der Waals surface area (Å²) in [6.45, 7) is 4.64. The van der Waals surface area contributed by atoms with Crippen molar-refractivity contribution in [2.75, 3.05) is 19.5 Å². The number of hydrogen-bond acceptors (Lipinski definition) is 2. The molecule has 68 valence electrons. The van der Waals surface area contributed by atoms with Gasteiger partial charge in [-0.2, -0.15) is 0 Å². The van der Waals surface area contributed by atoms with Crippen LogP contribution in [0.3, 0.4) is 0 Å². The molecule has 0 aliphatic carbocycles. The summed E-state index contributed by atoms with van der Waals surface area (Å²) in [6, 6.07) is 0. The molecule has 1 aliphatic rings. The SMILES string of the molecule is CN1CC(C)(C)N=C(CCl)C1=O. The standard InChI is InChI=1S/C8H13ClN2O/c1-8(2)5-11(3)7(12)6(4-9)10-8/h4-5H2,1-3H3. The molecule has 12 heavy (non-hydrogen) atoms. The topological polar surface area (TPSA) is 32.7 Å². The molecule has 0 N–H and O–H groups in total. The first kappa shape index (κ1) is 9.52. The number of aliphatic imine (C=N–C) groups is 1. The van der Waals surface area contributed by atoms with Crippen LogP contribution in [0.1, 0.15) is 13.8 Å². The number of carbonyl (C=O) groups excluding carboxylic acids is 1. The number of amides is 1. The Kier molecular flexibility index (Phi) is 2.42. The number of halogens is 1. The van der Waals surface area contributed by atoms with Crippen LogP contribution in [0.4, 0.5) is 0 Å². The maximum atomic E-state index is 11.4. The van der Waals surface area contributed by atoms with Gasteiger partial charge < -0.3 is 4.90 Å². The maximum Gasteiger partial charge on any atom is 0.268 e. The van der Waals surface area contributed by atoms with Crippen molar-refractivity contribution in [1.82, 2.24) is 4.90 Å². The Morgan fingerprint density at radius 3 is 2.75 bits per heavy atom. The van der Waals surface area contributed by atoms with Gasteiger partial charge in [0.25, 0.3) is 5.91 Å². The van der Waals surface area contributed by atoms with E-state index in [9.17, 15) is 4.79 Å². The highest BCUT2D eigenvalue weighted by atomic mass is 35.5. The normalized spacial score (nSPS) is 22.5. The van der Waals surface area contributed by atoms with Crippen LogP contribution in [0, 0.1) is 0 Å². The van der Waals surface area contributed by atoms with E-state index in [0.29, 0.717) is 12.3 Å². The van der Waals surface area contributed by atoms with Crippen LogP contribution in [0.5, 0.6) is 0 Å². The molecule has 0 spiro atoms. The highest BCUT2D eigenvalue weighted by Crippen LogP contribution is 2.16. The molecule has 3 nitrogen and oxygen atoms in total. The minimum Gasteiger partial charge on any atom is -0.338 e. The Bertz CT molecular complexity index is 235. The molecule has 0 aromatic carbocycles. The lowest BCUT2D eigenvalue weighted by molar-refractivity contribution is -0.124. The molecule has 0 saturated heterocycles. The van der Waals surface area contributed by atoms with Gasteiger partial charge in [0.15, 0.2) is 0 Å². The Morgan fingerprint density at radius 2 is 2.25 bits per heavy atom. The molecule has 1 amide bonds. The molecule has 0 unspecified atom stereocenters. The van der Waals surface area contributed by atoms with Crippen LogP contribution >= 0.6 is 11.6 Å². The summed E-state index contributed by atoms with van der Waals surface area (Å²) in [5.41, 5.74) is 0.280. The number of rotatable bonds is 1. The van der Waals surface area contributed by atoms with Crippen LogP contribution in [-0.2, 0) is 4.79 Å². The van der Waals surface area contributed by atoms with Crippen molar-refractivity contribution in [1.29, 1.82) is 0 Å². The lowest BCUT2D eigenvalue weighted by Crippen LogP contribution is -2.48. The maximum absolute atomic E-state index is 11.4. The first-order chi connectivity index (χ1) is 5.46. The predicted octanol–water partition coefficient (Wildman–Crippen LogP) is 0.917. The summed E-state index contributed by atoms with van der Waals surface area (Å²) in [5.74, 6) is 0.149. The Hall–Kier alpha value is -0.570. The van der Waals surface area contributed by atoms with Gasteiger partial charge in [-0.05, 0) is 13.8 Å². The Balaban J connectivity index is 2.95. The van der Waals surface area contributed by atoms with Gasteiger partial charge in [-0.25, -0.2) is 0 Å². The van der Waals surface area contributed by atoms with E-state index in [1.165, 1.54) is 0 Å². The van der Waals surface area contributed by atoms with E-state index in [4.69, 9.17) is 11.6 Å². The third-order valence-corrected chi connectivity index (χ3v) is 2.04. The van der Waals surface area contributed by atoms with Crippen molar-refractivity contribution in [3.05, 3.63) is 0 Å². The summed E-state index contributed by atoms with van der Waals surface area (Å²) in [7, 11) is 1.77. The van der Waals surface area contributed by atoms with Gasteiger partial charge in [0, 0.05) is 13.6 Å². The number of likely N-dealkylation sites (N-methyl/N-ethyl adjacent to an activating group) is 1. The van der Waals surface area contributed by atoms with Gasteiger partial charge in [0.05, 0.1) is 11.4 Å². The first-order valence-corrected chi connectivity index (χ1v) is 4.40. The van der Waals surface area contributed by atoms with E-state index in [-0.39, 0.29) is 17.3 Å². The second-order valence-corrected chi connectivity index (χ2v) is 3.93. The van der Waals surface area contributed by atoms with Crippen molar-refractivity contribution in [3.63, 3.8) is 0 Å². The molecule has 0 aromatic heterocycles. The van der Waals surface area contributed by atoms with Crippen LogP contribution in [-0.4, -0.2) is 41.5 Å². The summed E-state index contributed by atoms with van der Waals surface area (Å²) in [4.78, 5) is 17.3. The number of nitrogens with zero attached hydrogens (tertiary/aromatic N) is 2. The summed E-state index contributed by atoms with van der Waals surface area (Å²) >= 11 is 5.59. The van der Waals surface area contributed by atoms with Gasteiger partial charge in [-0.1, -0.05) is 0 Å². The van der Waals surface area contributed by atoms with E-state index in [0.717, 1.165) is 0 Å². The fourth-order valence-corrected chi connectivity index (χ4v) is 1.58. The van der Waals surface area contributed by atoms with Crippen molar-refractivity contribution >= 4 is 23.2 Å².